The molecule has 0 aliphatic heterocycles. The van der Waals surface area contributed by atoms with Crippen molar-refractivity contribution in [3.63, 3.8) is 0 Å². The first-order valence-corrected chi connectivity index (χ1v) is 7.64. The first-order chi connectivity index (χ1) is 10.1. The summed E-state index contributed by atoms with van der Waals surface area (Å²) in [5.74, 6) is 0.845. The molecule has 1 aliphatic carbocycles. The van der Waals surface area contributed by atoms with Gasteiger partial charge in [-0.3, -0.25) is 0 Å². The zero-order valence-corrected chi connectivity index (χ0v) is 12.7. The highest BCUT2D eigenvalue weighted by atomic mass is 16.5. The Hall–Kier alpha value is -1.80. The lowest BCUT2D eigenvalue weighted by Gasteiger charge is -2.22. The summed E-state index contributed by atoms with van der Waals surface area (Å²) in [6.45, 7) is 4.80. The Morgan fingerprint density at radius 3 is 2.67 bits per heavy atom. The molecule has 1 N–H and O–H groups in total. The third kappa shape index (κ3) is 2.96. The number of aryl methyl sites for hydroxylation is 3. The van der Waals surface area contributed by atoms with Gasteiger partial charge in [0.05, 0.1) is 6.10 Å². The Bertz CT molecular complexity index is 626. The summed E-state index contributed by atoms with van der Waals surface area (Å²) in [5, 5.41) is 10.1. The van der Waals surface area contributed by atoms with E-state index in [1.165, 1.54) is 22.3 Å². The average molecular weight is 282 g/mol. The molecule has 0 fully saturated rings. The number of rotatable bonds is 3. The fraction of sp³-hybridized carbons (Fsp3) is 0.368. The SMILES string of the molecule is Cc1cccc(C)c1COc1ccc2c(c1)C(O)CCC2. The van der Waals surface area contributed by atoms with Crippen molar-refractivity contribution in [2.45, 2.75) is 45.8 Å². The van der Waals surface area contributed by atoms with E-state index in [4.69, 9.17) is 4.74 Å². The number of ether oxygens (including phenoxy) is 1. The summed E-state index contributed by atoms with van der Waals surface area (Å²) >= 11 is 0. The standard InChI is InChI=1S/C19H22O2/c1-13-5-3-6-14(2)18(13)12-21-16-10-9-15-7-4-8-19(20)17(15)11-16/h3,5-6,9-11,19-20H,4,7-8,12H2,1-2H3. The van der Waals surface area contributed by atoms with E-state index in [0.29, 0.717) is 6.61 Å². The highest BCUT2D eigenvalue weighted by Gasteiger charge is 2.18. The minimum Gasteiger partial charge on any atom is -0.489 e. The van der Waals surface area contributed by atoms with Gasteiger partial charge in [0, 0.05) is 0 Å². The van der Waals surface area contributed by atoms with Crippen molar-refractivity contribution in [2.24, 2.45) is 0 Å². The molecule has 0 bridgehead atoms. The lowest BCUT2D eigenvalue weighted by Crippen LogP contribution is -2.09. The van der Waals surface area contributed by atoms with Crippen LogP contribution >= 0.6 is 0 Å². The molecule has 2 nitrogen and oxygen atoms in total. The van der Waals surface area contributed by atoms with Crippen LogP contribution in [-0.4, -0.2) is 5.11 Å². The summed E-state index contributed by atoms with van der Waals surface area (Å²) < 4.78 is 5.96. The van der Waals surface area contributed by atoms with Crippen molar-refractivity contribution in [2.75, 3.05) is 0 Å². The molecule has 2 heteroatoms. The van der Waals surface area contributed by atoms with Gasteiger partial charge >= 0.3 is 0 Å². The Balaban J connectivity index is 1.78. The molecule has 2 aromatic carbocycles. The maximum absolute atomic E-state index is 10.1. The van der Waals surface area contributed by atoms with Gasteiger partial charge in [0.1, 0.15) is 12.4 Å². The van der Waals surface area contributed by atoms with E-state index in [2.05, 4.69) is 38.1 Å². The first kappa shape index (κ1) is 14.2. The minimum atomic E-state index is -0.336. The van der Waals surface area contributed by atoms with Crippen LogP contribution in [0.1, 0.15) is 46.8 Å². The number of benzene rings is 2. The Morgan fingerprint density at radius 2 is 1.90 bits per heavy atom. The van der Waals surface area contributed by atoms with Gasteiger partial charge in [0.2, 0.25) is 0 Å². The van der Waals surface area contributed by atoms with Gasteiger partial charge in [0.25, 0.3) is 0 Å². The van der Waals surface area contributed by atoms with E-state index < -0.39 is 0 Å². The summed E-state index contributed by atoms with van der Waals surface area (Å²) in [4.78, 5) is 0. The smallest absolute Gasteiger partial charge is 0.120 e. The predicted octanol–water partition coefficient (Wildman–Crippen LogP) is 4.25. The average Bonchev–Trinajstić information content (AvgIpc) is 2.47. The highest BCUT2D eigenvalue weighted by molar-refractivity contribution is 5.39. The number of hydrogen-bond acceptors (Lipinski definition) is 2. The maximum Gasteiger partial charge on any atom is 0.120 e. The van der Waals surface area contributed by atoms with Crippen molar-refractivity contribution in [3.8, 4) is 5.75 Å². The lowest BCUT2D eigenvalue weighted by atomic mass is 9.89. The fourth-order valence-electron chi connectivity index (χ4n) is 3.07. The fourth-order valence-corrected chi connectivity index (χ4v) is 3.07. The molecule has 1 unspecified atom stereocenters. The molecule has 0 saturated heterocycles. The number of fused-ring (bicyclic) bond motifs is 1. The lowest BCUT2D eigenvalue weighted by molar-refractivity contribution is 0.156. The van der Waals surface area contributed by atoms with Crippen LogP contribution in [0.3, 0.4) is 0 Å². The third-order valence-electron chi connectivity index (χ3n) is 4.43. The summed E-state index contributed by atoms with van der Waals surface area (Å²) in [7, 11) is 0. The highest BCUT2D eigenvalue weighted by Crippen LogP contribution is 2.32. The largest absolute Gasteiger partial charge is 0.489 e. The first-order valence-electron chi connectivity index (χ1n) is 7.64. The van der Waals surface area contributed by atoms with Crippen molar-refractivity contribution in [1.82, 2.24) is 0 Å². The van der Waals surface area contributed by atoms with Crippen LogP contribution < -0.4 is 4.74 Å². The summed E-state index contributed by atoms with van der Waals surface area (Å²) in [6.07, 6.45) is 2.64. The normalized spacial score (nSPS) is 17.4. The molecule has 21 heavy (non-hydrogen) atoms. The molecule has 0 aromatic heterocycles. The zero-order chi connectivity index (χ0) is 14.8. The molecule has 2 aromatic rings. The molecule has 1 aliphatic rings. The molecule has 1 atom stereocenters. The van der Waals surface area contributed by atoms with E-state index in [0.717, 1.165) is 30.6 Å². The molecular formula is C19H22O2. The second-order valence-corrected chi connectivity index (χ2v) is 5.93. The Kier molecular flexibility index (Phi) is 3.98. The quantitative estimate of drug-likeness (QED) is 0.911. The maximum atomic E-state index is 10.1. The van der Waals surface area contributed by atoms with Crippen molar-refractivity contribution in [3.05, 3.63) is 64.2 Å². The van der Waals surface area contributed by atoms with Crippen LogP contribution in [-0.2, 0) is 13.0 Å². The van der Waals surface area contributed by atoms with E-state index >= 15 is 0 Å². The van der Waals surface area contributed by atoms with Gasteiger partial charge in [-0.2, -0.15) is 0 Å². The van der Waals surface area contributed by atoms with Gasteiger partial charge < -0.3 is 9.84 Å². The van der Waals surface area contributed by atoms with Crippen LogP contribution in [0.5, 0.6) is 5.75 Å². The second-order valence-electron chi connectivity index (χ2n) is 5.93. The topological polar surface area (TPSA) is 29.5 Å². The molecule has 0 amide bonds. The van der Waals surface area contributed by atoms with Gasteiger partial charge in [0.15, 0.2) is 0 Å². The van der Waals surface area contributed by atoms with Crippen molar-refractivity contribution < 1.29 is 9.84 Å². The zero-order valence-electron chi connectivity index (χ0n) is 12.7. The van der Waals surface area contributed by atoms with Gasteiger partial charge in [-0.25, -0.2) is 0 Å². The Labute approximate surface area is 126 Å². The van der Waals surface area contributed by atoms with E-state index in [-0.39, 0.29) is 6.10 Å². The van der Waals surface area contributed by atoms with E-state index in [1.807, 2.05) is 12.1 Å². The summed E-state index contributed by atoms with van der Waals surface area (Å²) in [5.41, 5.74) is 6.06. The Morgan fingerprint density at radius 1 is 1.14 bits per heavy atom. The number of aliphatic hydroxyl groups is 1. The summed E-state index contributed by atoms with van der Waals surface area (Å²) in [6, 6.07) is 12.4. The van der Waals surface area contributed by atoms with E-state index in [9.17, 15) is 5.11 Å². The molecule has 0 heterocycles. The van der Waals surface area contributed by atoms with Gasteiger partial charge in [-0.15, -0.1) is 0 Å². The van der Waals surface area contributed by atoms with Gasteiger partial charge in [-0.05, 0) is 73.1 Å². The third-order valence-corrected chi connectivity index (χ3v) is 4.43. The molecule has 110 valence electrons. The monoisotopic (exact) mass is 282 g/mol. The minimum absolute atomic E-state index is 0.336. The van der Waals surface area contributed by atoms with E-state index in [1.54, 1.807) is 0 Å². The van der Waals surface area contributed by atoms with Crippen LogP contribution in [0.25, 0.3) is 0 Å². The van der Waals surface area contributed by atoms with Crippen molar-refractivity contribution >= 4 is 0 Å². The van der Waals surface area contributed by atoms with Crippen LogP contribution in [0.2, 0.25) is 0 Å². The molecule has 0 spiro atoms. The predicted molar refractivity (Wildman–Crippen MR) is 84.6 cm³/mol. The number of hydrogen-bond donors (Lipinski definition) is 1. The second kappa shape index (κ2) is 5.90. The van der Waals surface area contributed by atoms with Crippen LogP contribution in [0, 0.1) is 13.8 Å². The molecule has 3 rings (SSSR count). The van der Waals surface area contributed by atoms with Gasteiger partial charge in [-0.1, -0.05) is 24.3 Å². The van der Waals surface area contributed by atoms with Crippen LogP contribution in [0.15, 0.2) is 36.4 Å². The molecule has 0 saturated carbocycles. The van der Waals surface area contributed by atoms with Crippen LogP contribution in [0.4, 0.5) is 0 Å². The molecule has 0 radical (unpaired) electrons. The number of aliphatic hydroxyl groups excluding tert-OH is 1. The van der Waals surface area contributed by atoms with Crippen molar-refractivity contribution in [1.29, 1.82) is 0 Å². The molecular weight excluding hydrogens is 260 g/mol.